The van der Waals surface area contributed by atoms with Crippen molar-refractivity contribution in [2.45, 2.75) is 70.6 Å². The van der Waals surface area contributed by atoms with Gasteiger partial charge in [0.2, 0.25) is 5.91 Å². The number of nitrogens with zero attached hydrogens (tertiary/aromatic N) is 1. The number of ether oxygens (including phenoxy) is 1. The average molecular weight is 517 g/mol. The van der Waals surface area contributed by atoms with E-state index in [1.165, 1.54) is 0 Å². The number of rotatable bonds is 11. The Morgan fingerprint density at radius 1 is 1.08 bits per heavy atom. The summed E-state index contributed by atoms with van der Waals surface area (Å²) in [6, 6.07) is 14.9. The lowest BCUT2D eigenvalue weighted by Crippen LogP contribution is -2.39. The maximum atomic E-state index is 13.5. The minimum absolute atomic E-state index is 0.0257. The molecule has 0 aliphatic heterocycles. The Balaban J connectivity index is 1.65. The van der Waals surface area contributed by atoms with E-state index in [0.717, 1.165) is 17.0 Å². The van der Waals surface area contributed by atoms with Gasteiger partial charge in [-0.05, 0) is 75.8 Å². The van der Waals surface area contributed by atoms with E-state index in [4.69, 9.17) is 16.3 Å². The second-order valence-corrected chi connectivity index (χ2v) is 10.1. The van der Waals surface area contributed by atoms with Crippen LogP contribution in [0.5, 0.6) is 5.75 Å². The fourth-order valence-electron chi connectivity index (χ4n) is 4.63. The minimum Gasteiger partial charge on any atom is -0.489 e. The predicted molar refractivity (Wildman–Crippen MR) is 142 cm³/mol. The first-order valence-electron chi connectivity index (χ1n) is 12.7. The Labute approximate surface area is 218 Å². The van der Waals surface area contributed by atoms with Gasteiger partial charge in [0.25, 0.3) is 0 Å². The van der Waals surface area contributed by atoms with Crippen LogP contribution in [0.3, 0.4) is 0 Å². The van der Waals surface area contributed by atoms with Crippen molar-refractivity contribution in [2.24, 2.45) is 5.92 Å². The molecule has 0 aromatic heterocycles. The van der Waals surface area contributed by atoms with Crippen LogP contribution in [0, 0.1) is 5.92 Å². The Kier molecular flexibility index (Phi) is 10.4. The molecule has 0 saturated heterocycles. The van der Waals surface area contributed by atoms with Crippen molar-refractivity contribution >= 4 is 29.2 Å². The molecule has 7 nitrogen and oxygen atoms in total. The van der Waals surface area contributed by atoms with Gasteiger partial charge in [-0.1, -0.05) is 35.9 Å². The predicted octanol–water partition coefficient (Wildman–Crippen LogP) is 5.00. The molecule has 1 aliphatic carbocycles. The molecule has 36 heavy (non-hydrogen) atoms. The highest BCUT2D eigenvalue weighted by molar-refractivity contribution is 6.30. The first kappa shape index (κ1) is 27.8. The van der Waals surface area contributed by atoms with Crippen molar-refractivity contribution in [1.29, 1.82) is 0 Å². The van der Waals surface area contributed by atoms with Gasteiger partial charge in [0.1, 0.15) is 5.75 Å². The molecule has 1 saturated carbocycles. The number of para-hydroxylation sites is 2. The Morgan fingerprint density at radius 3 is 2.56 bits per heavy atom. The van der Waals surface area contributed by atoms with Crippen LogP contribution in [-0.4, -0.2) is 58.3 Å². The molecule has 1 fully saturated rings. The first-order chi connectivity index (χ1) is 17.2. The monoisotopic (exact) mass is 516 g/mol. The van der Waals surface area contributed by atoms with Crippen LogP contribution in [0.15, 0.2) is 48.5 Å². The van der Waals surface area contributed by atoms with Crippen molar-refractivity contribution < 1.29 is 24.5 Å². The van der Waals surface area contributed by atoms with Gasteiger partial charge in [-0.2, -0.15) is 0 Å². The Morgan fingerprint density at radius 2 is 1.83 bits per heavy atom. The van der Waals surface area contributed by atoms with E-state index in [2.05, 4.69) is 5.32 Å². The Bertz CT molecular complexity index is 1010. The molecule has 0 radical (unpaired) electrons. The third-order valence-corrected chi connectivity index (χ3v) is 6.74. The summed E-state index contributed by atoms with van der Waals surface area (Å²) in [5.74, 6) is -0.507. The van der Waals surface area contributed by atoms with Gasteiger partial charge < -0.3 is 25.2 Å². The fraction of sp³-hybridized carbons (Fsp3) is 0.500. The number of benzene rings is 2. The van der Waals surface area contributed by atoms with Crippen molar-refractivity contribution in [3.8, 4) is 5.75 Å². The third-order valence-electron chi connectivity index (χ3n) is 6.51. The molecule has 0 heterocycles. The SMILES string of the molecule is CC(C)Oc1ccccc1N[C@H]1CC[C@@H](C(=O)N(CCC(=O)O)CCc2cccc(Cl)c2)CC[C@@H]1O. The first-order valence-corrected chi connectivity index (χ1v) is 13.1. The molecule has 2 aromatic carbocycles. The number of aliphatic hydroxyl groups is 1. The van der Waals surface area contributed by atoms with Crippen molar-refractivity contribution in [3.05, 3.63) is 59.1 Å². The summed E-state index contributed by atoms with van der Waals surface area (Å²) in [5.41, 5.74) is 1.82. The van der Waals surface area contributed by atoms with E-state index >= 15 is 0 Å². The number of carboxylic acids is 1. The number of aliphatic carboxylic acids is 1. The van der Waals surface area contributed by atoms with Crippen molar-refractivity contribution in [2.75, 3.05) is 18.4 Å². The summed E-state index contributed by atoms with van der Waals surface area (Å²) < 4.78 is 5.90. The Hall–Kier alpha value is -2.77. The molecule has 196 valence electrons. The smallest absolute Gasteiger partial charge is 0.305 e. The maximum absolute atomic E-state index is 13.5. The quantitative estimate of drug-likeness (QED) is 0.363. The number of carboxylic acid groups (broad SMARTS) is 1. The summed E-state index contributed by atoms with van der Waals surface area (Å²) in [7, 11) is 0. The van der Waals surface area contributed by atoms with Gasteiger partial charge in [0.15, 0.2) is 0 Å². The largest absolute Gasteiger partial charge is 0.489 e. The van der Waals surface area contributed by atoms with Crippen LogP contribution in [0.2, 0.25) is 5.02 Å². The lowest BCUT2D eigenvalue weighted by Gasteiger charge is -2.27. The zero-order valence-corrected chi connectivity index (χ0v) is 21.8. The van der Waals surface area contributed by atoms with E-state index < -0.39 is 12.1 Å². The van der Waals surface area contributed by atoms with Gasteiger partial charge >= 0.3 is 5.97 Å². The second-order valence-electron chi connectivity index (χ2n) is 9.68. The number of carbonyl (C=O) groups excluding carboxylic acids is 1. The molecule has 1 amide bonds. The van der Waals surface area contributed by atoms with Crippen LogP contribution < -0.4 is 10.1 Å². The molecule has 0 spiro atoms. The molecule has 3 N–H and O–H groups in total. The van der Waals surface area contributed by atoms with Gasteiger partial charge in [-0.3, -0.25) is 9.59 Å². The molecule has 0 unspecified atom stereocenters. The number of halogens is 1. The zero-order chi connectivity index (χ0) is 26.1. The highest BCUT2D eigenvalue weighted by atomic mass is 35.5. The van der Waals surface area contributed by atoms with E-state index in [0.29, 0.717) is 43.7 Å². The van der Waals surface area contributed by atoms with Crippen LogP contribution in [0.1, 0.15) is 51.5 Å². The molecule has 8 heteroatoms. The summed E-state index contributed by atoms with van der Waals surface area (Å²) >= 11 is 6.09. The van der Waals surface area contributed by atoms with E-state index in [1.807, 2.05) is 56.3 Å². The topological polar surface area (TPSA) is 99.1 Å². The fourth-order valence-corrected chi connectivity index (χ4v) is 4.84. The molecule has 3 rings (SSSR count). The number of hydrogen-bond acceptors (Lipinski definition) is 5. The van der Waals surface area contributed by atoms with E-state index in [1.54, 1.807) is 11.0 Å². The average Bonchev–Trinajstić information content (AvgIpc) is 3.01. The number of aliphatic hydroxyl groups excluding tert-OH is 1. The highest BCUT2D eigenvalue weighted by Gasteiger charge is 2.32. The molecular weight excluding hydrogens is 480 g/mol. The van der Waals surface area contributed by atoms with Crippen LogP contribution >= 0.6 is 11.6 Å². The summed E-state index contributed by atoms with van der Waals surface area (Å²) in [6.07, 6.45) is 2.19. The second kappa shape index (κ2) is 13.5. The summed E-state index contributed by atoms with van der Waals surface area (Å²) in [4.78, 5) is 26.4. The molecular formula is C28H37ClN2O5. The molecule has 0 bridgehead atoms. The third kappa shape index (κ3) is 8.42. The molecule has 2 aromatic rings. The lowest BCUT2D eigenvalue weighted by molar-refractivity contribution is -0.140. The van der Waals surface area contributed by atoms with Gasteiger partial charge in [0, 0.05) is 24.0 Å². The number of hydrogen-bond donors (Lipinski definition) is 3. The van der Waals surface area contributed by atoms with Crippen molar-refractivity contribution in [1.82, 2.24) is 4.90 Å². The number of nitrogens with one attached hydrogen (secondary N) is 1. The lowest BCUT2D eigenvalue weighted by atomic mass is 9.98. The summed E-state index contributed by atoms with van der Waals surface area (Å²) in [6.45, 7) is 4.52. The standard InChI is InChI=1S/C28H37ClN2O5/c1-19(2)36-26-9-4-3-8-24(26)30-23-12-10-21(11-13-25(23)32)28(35)31(17-15-27(33)34)16-14-20-6-5-7-22(29)18-20/h3-9,18-19,21,23,25,30,32H,10-17H2,1-2H3,(H,33,34)/t21-,23+,25+/m1/s1. The van der Waals surface area contributed by atoms with Crippen LogP contribution in [0.4, 0.5) is 5.69 Å². The van der Waals surface area contributed by atoms with E-state index in [-0.39, 0.29) is 36.9 Å². The zero-order valence-electron chi connectivity index (χ0n) is 21.0. The summed E-state index contributed by atoms with van der Waals surface area (Å²) in [5, 5.41) is 24.1. The van der Waals surface area contributed by atoms with Crippen LogP contribution in [0.25, 0.3) is 0 Å². The number of carbonyl (C=O) groups is 2. The van der Waals surface area contributed by atoms with Gasteiger partial charge in [-0.15, -0.1) is 0 Å². The van der Waals surface area contributed by atoms with Gasteiger partial charge in [0.05, 0.1) is 30.4 Å². The number of anilines is 1. The number of amides is 1. The maximum Gasteiger partial charge on any atom is 0.305 e. The molecule has 3 atom stereocenters. The minimum atomic E-state index is -0.932. The molecule has 1 aliphatic rings. The van der Waals surface area contributed by atoms with Crippen molar-refractivity contribution in [3.63, 3.8) is 0 Å². The van der Waals surface area contributed by atoms with Gasteiger partial charge in [-0.25, -0.2) is 0 Å². The van der Waals surface area contributed by atoms with E-state index in [9.17, 15) is 19.8 Å². The highest BCUT2D eigenvalue weighted by Crippen LogP contribution is 2.31. The van der Waals surface area contributed by atoms with Crippen LogP contribution in [-0.2, 0) is 16.0 Å². The normalized spacial score (nSPS) is 20.0.